The van der Waals surface area contributed by atoms with Crippen molar-refractivity contribution >= 4 is 11.9 Å². The highest BCUT2D eigenvalue weighted by molar-refractivity contribution is 5.89. The third kappa shape index (κ3) is 1.34. The van der Waals surface area contributed by atoms with Crippen molar-refractivity contribution in [2.75, 3.05) is 6.54 Å². The van der Waals surface area contributed by atoms with Crippen molar-refractivity contribution in [1.82, 2.24) is 5.06 Å². The Balaban J connectivity index is 2.45. The summed E-state index contributed by atoms with van der Waals surface area (Å²) in [6, 6.07) is 0. The van der Waals surface area contributed by atoms with E-state index in [0.29, 0.717) is 6.54 Å². The van der Waals surface area contributed by atoms with Crippen LogP contribution in [0.25, 0.3) is 0 Å². The summed E-state index contributed by atoms with van der Waals surface area (Å²) in [4.78, 5) is 25.5. The van der Waals surface area contributed by atoms with Crippen LogP contribution in [0.15, 0.2) is 12.2 Å². The van der Waals surface area contributed by atoms with Crippen LogP contribution in [-0.4, -0.2) is 23.5 Å². The number of hydroxylamine groups is 2. The first kappa shape index (κ1) is 6.80. The van der Waals surface area contributed by atoms with Crippen molar-refractivity contribution in [1.29, 1.82) is 0 Å². The number of hydrogen-bond donors (Lipinski definition) is 0. The summed E-state index contributed by atoms with van der Waals surface area (Å²) in [7, 11) is 0. The Morgan fingerprint density at radius 2 is 2.50 bits per heavy atom. The molecule has 54 valence electrons. The zero-order chi connectivity index (χ0) is 7.56. The lowest BCUT2D eigenvalue weighted by atomic mass is 10.6. The standard InChI is InChI=1S/C6H7NO3/c1-5(8)10-7-4-2-3-6(7)9/h2-3H,4H2,1H3. The maximum Gasteiger partial charge on any atom is 0.329 e. The first-order valence-electron chi connectivity index (χ1n) is 2.87. The molecule has 1 heterocycles. The van der Waals surface area contributed by atoms with Gasteiger partial charge in [0.05, 0.1) is 6.54 Å². The molecule has 1 aliphatic rings. The Morgan fingerprint density at radius 1 is 1.80 bits per heavy atom. The van der Waals surface area contributed by atoms with Gasteiger partial charge in [0.2, 0.25) is 0 Å². The van der Waals surface area contributed by atoms with Crippen LogP contribution >= 0.6 is 0 Å². The van der Waals surface area contributed by atoms with E-state index < -0.39 is 5.97 Å². The minimum absolute atomic E-state index is 0.282. The Morgan fingerprint density at radius 3 is 2.90 bits per heavy atom. The van der Waals surface area contributed by atoms with Crippen LogP contribution in [0, 0.1) is 0 Å². The third-order valence-electron chi connectivity index (χ3n) is 1.02. The van der Waals surface area contributed by atoms with Crippen molar-refractivity contribution in [2.24, 2.45) is 0 Å². The molecule has 0 atom stereocenters. The number of rotatable bonds is 1. The van der Waals surface area contributed by atoms with Gasteiger partial charge in [0, 0.05) is 13.0 Å². The van der Waals surface area contributed by atoms with Gasteiger partial charge in [-0.3, -0.25) is 9.59 Å². The molecule has 0 radical (unpaired) electrons. The van der Waals surface area contributed by atoms with Gasteiger partial charge in [-0.15, -0.1) is 0 Å². The average Bonchev–Trinajstić information content (AvgIpc) is 2.15. The van der Waals surface area contributed by atoms with E-state index in [9.17, 15) is 9.59 Å². The Bertz CT molecular complexity index is 197. The van der Waals surface area contributed by atoms with Crippen LogP contribution in [0.5, 0.6) is 0 Å². The van der Waals surface area contributed by atoms with E-state index in [2.05, 4.69) is 4.84 Å². The molecule has 0 bridgehead atoms. The number of carbonyl (C=O) groups is 2. The van der Waals surface area contributed by atoms with Crippen LogP contribution < -0.4 is 0 Å². The molecule has 0 aromatic rings. The van der Waals surface area contributed by atoms with Gasteiger partial charge in [0.1, 0.15) is 0 Å². The normalized spacial score (nSPS) is 16.1. The molecule has 0 aliphatic carbocycles. The van der Waals surface area contributed by atoms with Crippen LogP contribution in [0.3, 0.4) is 0 Å². The molecule has 0 spiro atoms. The molecule has 10 heavy (non-hydrogen) atoms. The summed E-state index contributed by atoms with van der Waals surface area (Å²) in [5.74, 6) is -0.757. The zero-order valence-corrected chi connectivity index (χ0v) is 5.53. The predicted octanol–water partition coefficient (Wildman–Crippen LogP) is -0.137. The van der Waals surface area contributed by atoms with E-state index in [0.717, 1.165) is 5.06 Å². The summed E-state index contributed by atoms with van der Waals surface area (Å²) in [6.07, 6.45) is 2.99. The predicted molar refractivity (Wildman–Crippen MR) is 32.6 cm³/mol. The van der Waals surface area contributed by atoms with Gasteiger partial charge < -0.3 is 4.84 Å². The molecule has 0 saturated carbocycles. The molecule has 4 heteroatoms. The highest BCUT2D eigenvalue weighted by Gasteiger charge is 2.16. The van der Waals surface area contributed by atoms with E-state index in [1.165, 1.54) is 13.0 Å². The summed E-state index contributed by atoms with van der Waals surface area (Å²) < 4.78 is 0. The Kier molecular flexibility index (Phi) is 1.71. The van der Waals surface area contributed by atoms with Crippen molar-refractivity contribution in [3.8, 4) is 0 Å². The van der Waals surface area contributed by atoms with Gasteiger partial charge in [-0.05, 0) is 0 Å². The van der Waals surface area contributed by atoms with E-state index in [4.69, 9.17) is 0 Å². The smallest absolute Gasteiger partial charge is 0.329 e. The number of carbonyl (C=O) groups excluding carboxylic acids is 2. The lowest BCUT2D eigenvalue weighted by Crippen LogP contribution is -2.27. The second-order valence-electron chi connectivity index (χ2n) is 1.88. The molecule has 0 unspecified atom stereocenters. The van der Waals surface area contributed by atoms with E-state index in [-0.39, 0.29) is 5.91 Å². The van der Waals surface area contributed by atoms with Crippen LogP contribution in [0.1, 0.15) is 6.92 Å². The van der Waals surface area contributed by atoms with Gasteiger partial charge in [-0.1, -0.05) is 6.08 Å². The molecule has 0 N–H and O–H groups in total. The maximum absolute atomic E-state index is 10.7. The van der Waals surface area contributed by atoms with Crippen LogP contribution in [0.4, 0.5) is 0 Å². The molecule has 0 fully saturated rings. The highest BCUT2D eigenvalue weighted by Crippen LogP contribution is 2.01. The van der Waals surface area contributed by atoms with Gasteiger partial charge in [0.15, 0.2) is 0 Å². The van der Waals surface area contributed by atoms with E-state index in [1.807, 2.05) is 0 Å². The van der Waals surface area contributed by atoms with Gasteiger partial charge in [-0.2, -0.15) is 5.06 Å². The average molecular weight is 141 g/mol. The summed E-state index contributed by atoms with van der Waals surface area (Å²) in [5, 5.41) is 1.00. The molecule has 1 aliphatic heterocycles. The SMILES string of the molecule is CC(=O)ON1CC=CC1=O. The Labute approximate surface area is 58.0 Å². The largest absolute Gasteiger partial charge is 0.338 e. The second kappa shape index (κ2) is 2.51. The zero-order valence-electron chi connectivity index (χ0n) is 5.53. The lowest BCUT2D eigenvalue weighted by molar-refractivity contribution is -0.189. The molecular formula is C6H7NO3. The Hall–Kier alpha value is -1.32. The van der Waals surface area contributed by atoms with Crippen molar-refractivity contribution < 1.29 is 14.4 Å². The number of nitrogens with zero attached hydrogens (tertiary/aromatic N) is 1. The fourth-order valence-electron chi connectivity index (χ4n) is 0.660. The molecule has 4 nitrogen and oxygen atoms in total. The molecule has 0 saturated heterocycles. The van der Waals surface area contributed by atoms with Crippen molar-refractivity contribution in [2.45, 2.75) is 6.92 Å². The van der Waals surface area contributed by atoms with Crippen molar-refractivity contribution in [3.05, 3.63) is 12.2 Å². The quantitative estimate of drug-likeness (QED) is 0.510. The number of hydrogen-bond acceptors (Lipinski definition) is 3. The van der Waals surface area contributed by atoms with Crippen molar-refractivity contribution in [3.63, 3.8) is 0 Å². The molecular weight excluding hydrogens is 134 g/mol. The van der Waals surface area contributed by atoms with Crippen LogP contribution in [0.2, 0.25) is 0 Å². The third-order valence-corrected chi connectivity index (χ3v) is 1.02. The molecule has 0 aromatic heterocycles. The first-order valence-corrected chi connectivity index (χ1v) is 2.87. The fraction of sp³-hybridized carbons (Fsp3) is 0.333. The van der Waals surface area contributed by atoms with Crippen LogP contribution in [-0.2, 0) is 14.4 Å². The topological polar surface area (TPSA) is 46.6 Å². The number of amides is 1. The minimum Gasteiger partial charge on any atom is -0.338 e. The molecule has 1 amide bonds. The lowest BCUT2D eigenvalue weighted by Gasteiger charge is -2.11. The molecule has 0 aromatic carbocycles. The minimum atomic E-state index is -0.475. The highest BCUT2D eigenvalue weighted by atomic mass is 16.7. The summed E-state index contributed by atoms with van der Waals surface area (Å²) in [5.41, 5.74) is 0. The fourth-order valence-corrected chi connectivity index (χ4v) is 0.660. The summed E-state index contributed by atoms with van der Waals surface area (Å²) in [6.45, 7) is 1.62. The van der Waals surface area contributed by atoms with Gasteiger partial charge in [-0.25, -0.2) is 0 Å². The first-order chi connectivity index (χ1) is 4.70. The monoisotopic (exact) mass is 141 g/mol. The van der Waals surface area contributed by atoms with Gasteiger partial charge in [0.25, 0.3) is 5.91 Å². The second-order valence-corrected chi connectivity index (χ2v) is 1.88. The molecule has 1 rings (SSSR count). The van der Waals surface area contributed by atoms with Gasteiger partial charge >= 0.3 is 5.97 Å². The maximum atomic E-state index is 10.7. The summed E-state index contributed by atoms with van der Waals surface area (Å²) >= 11 is 0. The van der Waals surface area contributed by atoms with E-state index >= 15 is 0 Å². The van der Waals surface area contributed by atoms with E-state index in [1.54, 1.807) is 6.08 Å².